The zero-order valence-electron chi connectivity index (χ0n) is 20.8. The molecule has 1 aromatic heterocycles. The summed E-state index contributed by atoms with van der Waals surface area (Å²) in [7, 11) is -4.05. The second-order valence-electron chi connectivity index (χ2n) is 10.8. The molecule has 0 radical (unpaired) electrons. The van der Waals surface area contributed by atoms with Crippen molar-refractivity contribution in [2.45, 2.75) is 80.0 Å². The lowest BCUT2D eigenvalue weighted by molar-refractivity contribution is -0.0126. The Hall–Kier alpha value is -2.27. The van der Waals surface area contributed by atoms with Gasteiger partial charge < -0.3 is 15.4 Å². The van der Waals surface area contributed by atoms with Gasteiger partial charge in [0, 0.05) is 29.8 Å². The third kappa shape index (κ3) is 5.34. The molecule has 37 heavy (non-hydrogen) atoms. The average molecular weight is 551 g/mol. The second kappa shape index (κ2) is 9.80. The molecule has 2 aliphatic heterocycles. The maximum Gasteiger partial charge on any atom is 0.410 e. The molecular formula is C26H32ClFN4O4S. The van der Waals surface area contributed by atoms with E-state index in [0.29, 0.717) is 68.6 Å². The van der Waals surface area contributed by atoms with Gasteiger partial charge in [-0.1, -0.05) is 11.6 Å². The van der Waals surface area contributed by atoms with Gasteiger partial charge in [0.15, 0.2) is 0 Å². The highest BCUT2D eigenvalue weighted by Crippen LogP contribution is 2.52. The minimum absolute atomic E-state index is 0.0820. The molecule has 1 aromatic carbocycles. The number of hydrogen-bond acceptors (Lipinski definition) is 6. The SMILES string of the molecule is CC1(N)CCN(C(=O)OC2([C@H]3CCC[C@@H](c4cncc(F)c4)N3S(=O)(=O)c3ccc(Cl)cc3)CC2)CC1. The zero-order chi connectivity index (χ0) is 26.4. The van der Waals surface area contributed by atoms with Crippen molar-refractivity contribution in [1.82, 2.24) is 14.2 Å². The number of carbonyl (C=O) groups excluding carboxylic acids is 1. The number of carbonyl (C=O) groups is 1. The highest BCUT2D eigenvalue weighted by Gasteiger charge is 2.60. The molecule has 0 bridgehead atoms. The van der Waals surface area contributed by atoms with Crippen LogP contribution in [0.3, 0.4) is 0 Å². The Morgan fingerprint density at radius 1 is 1.14 bits per heavy atom. The van der Waals surface area contributed by atoms with Crippen LogP contribution in [0.1, 0.15) is 63.5 Å². The van der Waals surface area contributed by atoms with Gasteiger partial charge in [-0.3, -0.25) is 4.98 Å². The van der Waals surface area contributed by atoms with Gasteiger partial charge >= 0.3 is 6.09 Å². The van der Waals surface area contributed by atoms with Crippen molar-refractivity contribution in [1.29, 1.82) is 0 Å². The fourth-order valence-corrected chi connectivity index (χ4v) is 7.57. The third-order valence-electron chi connectivity index (χ3n) is 7.87. The van der Waals surface area contributed by atoms with E-state index < -0.39 is 39.6 Å². The van der Waals surface area contributed by atoms with Crippen molar-refractivity contribution in [3.8, 4) is 0 Å². The van der Waals surface area contributed by atoms with Crippen molar-refractivity contribution in [3.05, 3.63) is 59.1 Å². The van der Waals surface area contributed by atoms with E-state index in [-0.39, 0.29) is 10.4 Å². The van der Waals surface area contributed by atoms with E-state index in [4.69, 9.17) is 22.1 Å². The summed E-state index contributed by atoms with van der Waals surface area (Å²) < 4.78 is 49.9. The fraction of sp³-hybridized carbons (Fsp3) is 0.538. The Kier molecular flexibility index (Phi) is 6.97. The zero-order valence-corrected chi connectivity index (χ0v) is 22.3. The number of piperidine rings is 2. The fourth-order valence-electron chi connectivity index (χ4n) is 5.52. The smallest absolute Gasteiger partial charge is 0.410 e. The number of sulfonamides is 1. The second-order valence-corrected chi connectivity index (χ2v) is 13.0. The lowest BCUT2D eigenvalue weighted by Crippen LogP contribution is -2.55. The number of aromatic nitrogens is 1. The van der Waals surface area contributed by atoms with Crippen LogP contribution in [0.15, 0.2) is 47.6 Å². The number of hydrogen-bond donors (Lipinski definition) is 1. The van der Waals surface area contributed by atoms with Gasteiger partial charge in [-0.05, 0) is 87.8 Å². The number of rotatable bonds is 5. The average Bonchev–Trinajstić information content (AvgIpc) is 3.64. The molecule has 5 rings (SSSR count). The Balaban J connectivity index is 1.48. The minimum atomic E-state index is -4.05. The lowest BCUT2D eigenvalue weighted by Gasteiger charge is -2.45. The Morgan fingerprint density at radius 3 is 2.43 bits per heavy atom. The Labute approximate surface area is 222 Å². The molecule has 2 saturated heterocycles. The number of nitrogens with two attached hydrogens (primary N) is 1. The molecule has 3 fully saturated rings. The first-order valence-electron chi connectivity index (χ1n) is 12.7. The topological polar surface area (TPSA) is 106 Å². The maximum absolute atomic E-state index is 14.2. The van der Waals surface area contributed by atoms with Gasteiger partial charge in [0.05, 0.1) is 23.2 Å². The predicted octanol–water partition coefficient (Wildman–Crippen LogP) is 4.64. The molecule has 11 heteroatoms. The molecule has 0 unspecified atom stereocenters. The predicted molar refractivity (Wildman–Crippen MR) is 137 cm³/mol. The summed E-state index contributed by atoms with van der Waals surface area (Å²) in [6.45, 7) is 2.97. The molecule has 1 amide bonds. The van der Waals surface area contributed by atoms with Crippen molar-refractivity contribution in [2.24, 2.45) is 5.73 Å². The van der Waals surface area contributed by atoms with Crippen LogP contribution in [0.2, 0.25) is 5.02 Å². The largest absolute Gasteiger partial charge is 0.441 e. The molecular weight excluding hydrogens is 519 g/mol. The minimum Gasteiger partial charge on any atom is -0.441 e. The lowest BCUT2D eigenvalue weighted by atomic mass is 9.90. The van der Waals surface area contributed by atoms with Gasteiger partial charge in [-0.25, -0.2) is 17.6 Å². The van der Waals surface area contributed by atoms with Crippen molar-refractivity contribution in [3.63, 3.8) is 0 Å². The van der Waals surface area contributed by atoms with Gasteiger partial charge in [-0.2, -0.15) is 4.31 Å². The first kappa shape index (κ1) is 26.3. The summed E-state index contributed by atoms with van der Waals surface area (Å²) in [5.41, 5.74) is 5.45. The van der Waals surface area contributed by atoms with E-state index in [9.17, 15) is 17.6 Å². The van der Waals surface area contributed by atoms with E-state index in [0.717, 1.165) is 6.20 Å². The van der Waals surface area contributed by atoms with Crippen LogP contribution in [-0.2, 0) is 14.8 Å². The number of amides is 1. The van der Waals surface area contributed by atoms with Crippen LogP contribution >= 0.6 is 11.6 Å². The molecule has 1 aliphatic carbocycles. The van der Waals surface area contributed by atoms with Gasteiger partial charge in [0.25, 0.3) is 0 Å². The van der Waals surface area contributed by atoms with Crippen LogP contribution in [0.4, 0.5) is 9.18 Å². The molecule has 2 N–H and O–H groups in total. The highest BCUT2D eigenvalue weighted by molar-refractivity contribution is 7.89. The summed E-state index contributed by atoms with van der Waals surface area (Å²) in [5.74, 6) is -0.534. The van der Waals surface area contributed by atoms with E-state index in [2.05, 4.69) is 4.98 Å². The van der Waals surface area contributed by atoms with Crippen molar-refractivity contribution < 1.29 is 22.3 Å². The molecule has 3 aliphatic rings. The van der Waals surface area contributed by atoms with E-state index in [1.807, 2.05) is 6.92 Å². The first-order chi connectivity index (χ1) is 17.5. The van der Waals surface area contributed by atoms with Gasteiger partial charge in [0.1, 0.15) is 11.4 Å². The van der Waals surface area contributed by atoms with Crippen molar-refractivity contribution >= 4 is 27.7 Å². The van der Waals surface area contributed by atoms with Crippen molar-refractivity contribution in [2.75, 3.05) is 13.1 Å². The number of pyridine rings is 1. The van der Waals surface area contributed by atoms with E-state index >= 15 is 0 Å². The number of ether oxygens (including phenoxy) is 1. The normalized spacial score (nSPS) is 25.5. The molecule has 3 heterocycles. The standard InChI is InChI=1S/C26H32ClFN4O4S/c1-25(29)11-13-31(14-12-25)24(33)36-26(9-10-26)23-4-2-3-22(18-15-20(28)17-30-16-18)32(23)37(34,35)21-7-5-19(27)6-8-21/h5-8,15-17,22-23H,2-4,9-14,29H2,1H3/t22-,23+/m0/s1. The molecule has 1 saturated carbocycles. The third-order valence-corrected chi connectivity index (χ3v) is 10.1. The van der Waals surface area contributed by atoms with Crippen LogP contribution in [0.5, 0.6) is 0 Å². The summed E-state index contributed by atoms with van der Waals surface area (Å²) >= 11 is 6.02. The maximum atomic E-state index is 14.2. The molecule has 200 valence electrons. The van der Waals surface area contributed by atoms with Crippen LogP contribution < -0.4 is 5.73 Å². The van der Waals surface area contributed by atoms with Gasteiger partial charge in [-0.15, -0.1) is 0 Å². The molecule has 2 atom stereocenters. The Morgan fingerprint density at radius 2 is 1.81 bits per heavy atom. The monoisotopic (exact) mass is 550 g/mol. The number of nitrogens with zero attached hydrogens (tertiary/aromatic N) is 3. The summed E-state index contributed by atoms with van der Waals surface area (Å²) in [4.78, 5) is 18.9. The van der Waals surface area contributed by atoms with Crippen LogP contribution in [0, 0.1) is 5.82 Å². The van der Waals surface area contributed by atoms with E-state index in [1.54, 1.807) is 4.90 Å². The number of halogens is 2. The summed E-state index contributed by atoms with van der Waals surface area (Å²) in [5, 5.41) is 0.419. The van der Waals surface area contributed by atoms with E-state index in [1.165, 1.54) is 40.8 Å². The summed E-state index contributed by atoms with van der Waals surface area (Å²) in [6.07, 6.45) is 6.35. The summed E-state index contributed by atoms with van der Waals surface area (Å²) in [6, 6.07) is 6.07. The van der Waals surface area contributed by atoms with Crippen LogP contribution in [0.25, 0.3) is 0 Å². The Bertz CT molecular complexity index is 1260. The molecule has 2 aromatic rings. The van der Waals surface area contributed by atoms with Gasteiger partial charge in [0.2, 0.25) is 10.0 Å². The molecule has 8 nitrogen and oxygen atoms in total. The quantitative estimate of drug-likeness (QED) is 0.581. The molecule has 0 spiro atoms. The van der Waals surface area contributed by atoms with Crippen LogP contribution in [-0.4, -0.2) is 59.0 Å². The number of likely N-dealkylation sites (tertiary alicyclic amines) is 1. The first-order valence-corrected chi connectivity index (χ1v) is 14.5. The number of benzene rings is 1. The highest BCUT2D eigenvalue weighted by atomic mass is 35.5.